The second-order valence-corrected chi connectivity index (χ2v) is 2.72. The van der Waals surface area contributed by atoms with Gasteiger partial charge in [0.1, 0.15) is 5.83 Å². The summed E-state index contributed by atoms with van der Waals surface area (Å²) < 4.78 is 12.7. The van der Waals surface area contributed by atoms with Crippen LogP contribution in [0.15, 0.2) is 24.8 Å². The Kier molecular flexibility index (Phi) is 2.08. The van der Waals surface area contributed by atoms with Crippen LogP contribution in [0.3, 0.4) is 0 Å². The first-order valence-electron chi connectivity index (χ1n) is 3.53. The van der Waals surface area contributed by atoms with E-state index in [1.807, 2.05) is 26.0 Å². The standard InChI is InChI=1S/C10H11F/c1-7-4-5-8(2)10(6-7)9(3)11/h4-6H,3H2,1-2H3. The number of aryl methyl sites for hydroxylation is 2. The second-order valence-electron chi connectivity index (χ2n) is 2.72. The molecule has 0 unspecified atom stereocenters. The van der Waals surface area contributed by atoms with Gasteiger partial charge in [0.15, 0.2) is 0 Å². The molecule has 0 aliphatic rings. The predicted octanol–water partition coefficient (Wildman–Crippen LogP) is 3.24. The molecular weight excluding hydrogens is 139 g/mol. The van der Waals surface area contributed by atoms with Crippen LogP contribution in [-0.2, 0) is 0 Å². The molecule has 0 nitrogen and oxygen atoms in total. The third-order valence-corrected chi connectivity index (χ3v) is 1.69. The van der Waals surface area contributed by atoms with E-state index in [9.17, 15) is 4.39 Å². The summed E-state index contributed by atoms with van der Waals surface area (Å²) in [6.07, 6.45) is 0. The lowest BCUT2D eigenvalue weighted by Gasteiger charge is -2.02. The topological polar surface area (TPSA) is 0 Å². The van der Waals surface area contributed by atoms with Crippen molar-refractivity contribution >= 4 is 5.83 Å². The van der Waals surface area contributed by atoms with Crippen molar-refractivity contribution < 1.29 is 4.39 Å². The Morgan fingerprint density at radius 1 is 1.36 bits per heavy atom. The zero-order chi connectivity index (χ0) is 8.43. The molecule has 0 aliphatic heterocycles. The van der Waals surface area contributed by atoms with Crippen LogP contribution in [0.2, 0.25) is 0 Å². The lowest BCUT2D eigenvalue weighted by molar-refractivity contribution is 0.761. The third kappa shape index (κ3) is 1.67. The smallest absolute Gasteiger partial charge is 0.123 e. The minimum atomic E-state index is -0.355. The maximum Gasteiger partial charge on any atom is 0.123 e. The van der Waals surface area contributed by atoms with Gasteiger partial charge in [-0.05, 0) is 25.5 Å². The number of benzene rings is 1. The highest BCUT2D eigenvalue weighted by Crippen LogP contribution is 2.19. The second kappa shape index (κ2) is 2.87. The zero-order valence-corrected chi connectivity index (χ0v) is 6.82. The van der Waals surface area contributed by atoms with E-state index in [4.69, 9.17) is 0 Å². The van der Waals surface area contributed by atoms with Gasteiger partial charge in [0, 0.05) is 5.56 Å². The highest BCUT2D eigenvalue weighted by Gasteiger charge is 2.00. The Labute approximate surface area is 66.4 Å². The van der Waals surface area contributed by atoms with Crippen LogP contribution >= 0.6 is 0 Å². The van der Waals surface area contributed by atoms with E-state index in [0.717, 1.165) is 11.1 Å². The molecule has 0 heterocycles. The van der Waals surface area contributed by atoms with E-state index < -0.39 is 0 Å². The van der Waals surface area contributed by atoms with E-state index in [-0.39, 0.29) is 5.83 Å². The van der Waals surface area contributed by atoms with E-state index >= 15 is 0 Å². The molecule has 0 aliphatic carbocycles. The first-order chi connectivity index (χ1) is 5.11. The third-order valence-electron chi connectivity index (χ3n) is 1.69. The first kappa shape index (κ1) is 7.99. The number of hydrogen-bond donors (Lipinski definition) is 0. The SMILES string of the molecule is C=C(F)c1cc(C)ccc1C. The minimum Gasteiger partial charge on any atom is -0.207 e. The van der Waals surface area contributed by atoms with E-state index in [1.165, 1.54) is 0 Å². The van der Waals surface area contributed by atoms with Crippen molar-refractivity contribution in [3.63, 3.8) is 0 Å². The first-order valence-corrected chi connectivity index (χ1v) is 3.53. The van der Waals surface area contributed by atoms with Crippen molar-refractivity contribution in [1.82, 2.24) is 0 Å². The lowest BCUT2D eigenvalue weighted by Crippen LogP contribution is -1.84. The van der Waals surface area contributed by atoms with E-state index in [0.29, 0.717) is 5.56 Å². The molecule has 11 heavy (non-hydrogen) atoms. The molecule has 0 saturated heterocycles. The number of rotatable bonds is 1. The number of hydrogen-bond acceptors (Lipinski definition) is 0. The summed E-state index contributed by atoms with van der Waals surface area (Å²) in [4.78, 5) is 0. The van der Waals surface area contributed by atoms with Gasteiger partial charge in [-0.25, -0.2) is 4.39 Å². The monoisotopic (exact) mass is 150 g/mol. The molecule has 0 bridgehead atoms. The Bertz CT molecular complexity index is 287. The number of halogens is 1. The van der Waals surface area contributed by atoms with Gasteiger partial charge in [0.25, 0.3) is 0 Å². The van der Waals surface area contributed by atoms with Crippen LogP contribution in [0, 0.1) is 13.8 Å². The van der Waals surface area contributed by atoms with Crippen molar-refractivity contribution in [3.05, 3.63) is 41.5 Å². The Morgan fingerprint density at radius 2 is 2.00 bits per heavy atom. The van der Waals surface area contributed by atoms with Gasteiger partial charge in [-0.2, -0.15) is 0 Å². The Balaban J connectivity index is 3.23. The molecular formula is C10H11F. The summed E-state index contributed by atoms with van der Waals surface area (Å²) in [7, 11) is 0. The maximum absolute atomic E-state index is 12.7. The van der Waals surface area contributed by atoms with Crippen LogP contribution in [0.4, 0.5) is 4.39 Å². The molecule has 0 atom stereocenters. The van der Waals surface area contributed by atoms with Crippen LogP contribution in [-0.4, -0.2) is 0 Å². The summed E-state index contributed by atoms with van der Waals surface area (Å²) in [6.45, 7) is 7.07. The maximum atomic E-state index is 12.7. The molecule has 0 saturated carbocycles. The fourth-order valence-electron chi connectivity index (χ4n) is 1.03. The van der Waals surface area contributed by atoms with Gasteiger partial charge in [-0.1, -0.05) is 24.3 Å². The fourth-order valence-corrected chi connectivity index (χ4v) is 1.03. The van der Waals surface area contributed by atoms with Crippen molar-refractivity contribution in [2.45, 2.75) is 13.8 Å². The van der Waals surface area contributed by atoms with E-state index in [2.05, 4.69) is 6.58 Å². The molecule has 1 heteroatoms. The van der Waals surface area contributed by atoms with Gasteiger partial charge < -0.3 is 0 Å². The average molecular weight is 150 g/mol. The summed E-state index contributed by atoms with van der Waals surface area (Å²) in [5, 5.41) is 0. The van der Waals surface area contributed by atoms with Crippen molar-refractivity contribution in [3.8, 4) is 0 Å². The molecule has 1 aromatic rings. The summed E-state index contributed by atoms with van der Waals surface area (Å²) in [6, 6.07) is 5.66. The van der Waals surface area contributed by atoms with Crippen LogP contribution in [0.1, 0.15) is 16.7 Å². The molecule has 0 fully saturated rings. The van der Waals surface area contributed by atoms with Crippen molar-refractivity contribution in [1.29, 1.82) is 0 Å². The van der Waals surface area contributed by atoms with E-state index in [1.54, 1.807) is 6.07 Å². The minimum absolute atomic E-state index is 0.355. The van der Waals surface area contributed by atoms with Crippen LogP contribution < -0.4 is 0 Å². The Morgan fingerprint density at radius 3 is 2.45 bits per heavy atom. The van der Waals surface area contributed by atoms with Crippen molar-refractivity contribution in [2.75, 3.05) is 0 Å². The fraction of sp³-hybridized carbons (Fsp3) is 0.200. The molecule has 0 N–H and O–H groups in total. The molecule has 0 radical (unpaired) electrons. The zero-order valence-electron chi connectivity index (χ0n) is 6.82. The van der Waals surface area contributed by atoms with Gasteiger partial charge in [-0.3, -0.25) is 0 Å². The summed E-state index contributed by atoms with van der Waals surface area (Å²) >= 11 is 0. The molecule has 0 spiro atoms. The van der Waals surface area contributed by atoms with Gasteiger partial charge in [0.05, 0.1) is 0 Å². The van der Waals surface area contributed by atoms with Gasteiger partial charge >= 0.3 is 0 Å². The van der Waals surface area contributed by atoms with Crippen LogP contribution in [0.25, 0.3) is 5.83 Å². The molecule has 1 rings (SSSR count). The summed E-state index contributed by atoms with van der Waals surface area (Å²) in [5.41, 5.74) is 2.61. The lowest BCUT2D eigenvalue weighted by atomic mass is 10.1. The summed E-state index contributed by atoms with van der Waals surface area (Å²) in [5.74, 6) is -0.355. The Hall–Kier alpha value is -1.11. The average Bonchev–Trinajstić information content (AvgIpc) is 1.94. The highest BCUT2D eigenvalue weighted by atomic mass is 19.1. The predicted molar refractivity (Wildman–Crippen MR) is 46.1 cm³/mol. The molecule has 0 aromatic heterocycles. The quantitative estimate of drug-likeness (QED) is 0.576. The molecule has 1 aromatic carbocycles. The van der Waals surface area contributed by atoms with Crippen molar-refractivity contribution in [2.24, 2.45) is 0 Å². The van der Waals surface area contributed by atoms with Crippen LogP contribution in [0.5, 0.6) is 0 Å². The van der Waals surface area contributed by atoms with Gasteiger partial charge in [0.2, 0.25) is 0 Å². The molecule has 0 amide bonds. The molecule has 58 valence electrons. The largest absolute Gasteiger partial charge is 0.207 e. The highest BCUT2D eigenvalue weighted by molar-refractivity contribution is 5.60. The van der Waals surface area contributed by atoms with Gasteiger partial charge in [-0.15, -0.1) is 0 Å². The normalized spacial score (nSPS) is 9.73.